The topological polar surface area (TPSA) is 54.3 Å². The summed E-state index contributed by atoms with van der Waals surface area (Å²) in [4.78, 5) is 2.68. The van der Waals surface area contributed by atoms with Crippen molar-refractivity contribution < 1.29 is 8.42 Å². The number of hydrogen-bond acceptors (Lipinski definition) is 4. The van der Waals surface area contributed by atoms with Crippen LogP contribution in [-0.2, 0) is 16.6 Å². The van der Waals surface area contributed by atoms with Crippen molar-refractivity contribution >= 4 is 33.3 Å². The largest absolute Gasteiger partial charge is 0.314 e. The summed E-state index contributed by atoms with van der Waals surface area (Å²) < 4.78 is 27.8. The van der Waals surface area contributed by atoms with Crippen molar-refractivity contribution in [2.24, 2.45) is 0 Å². The summed E-state index contributed by atoms with van der Waals surface area (Å²) in [6.45, 7) is 6.61. The number of nitrogens with one attached hydrogen (secondary N) is 1. The summed E-state index contributed by atoms with van der Waals surface area (Å²) in [5.74, 6) is 0. The first-order valence-corrected chi connectivity index (χ1v) is 10.3. The van der Waals surface area contributed by atoms with E-state index in [1.54, 1.807) is 18.3 Å². The van der Waals surface area contributed by atoms with Crippen molar-refractivity contribution in [2.75, 3.05) is 26.2 Å². The van der Waals surface area contributed by atoms with Gasteiger partial charge in [0.15, 0.2) is 0 Å². The molecular formula is C20H24ClN3O2S. The Morgan fingerprint density at radius 3 is 2.37 bits per heavy atom. The normalized spacial score (nSPS) is 15.6. The highest BCUT2D eigenvalue weighted by molar-refractivity contribution is 7.90. The highest BCUT2D eigenvalue weighted by Crippen LogP contribution is 2.27. The maximum absolute atomic E-state index is 13.2. The van der Waals surface area contributed by atoms with Crippen LogP contribution >= 0.6 is 12.4 Å². The molecule has 0 radical (unpaired) electrons. The predicted molar refractivity (Wildman–Crippen MR) is 111 cm³/mol. The molecule has 0 unspecified atom stereocenters. The third-order valence-corrected chi connectivity index (χ3v) is 6.63. The molecule has 0 spiro atoms. The molecule has 1 aliphatic rings. The van der Waals surface area contributed by atoms with Crippen molar-refractivity contribution in [2.45, 2.75) is 18.4 Å². The van der Waals surface area contributed by atoms with Gasteiger partial charge in [0.1, 0.15) is 0 Å². The van der Waals surface area contributed by atoms with Crippen molar-refractivity contribution in [3.8, 4) is 0 Å². The van der Waals surface area contributed by atoms with Crippen LogP contribution in [0.2, 0.25) is 0 Å². The lowest BCUT2D eigenvalue weighted by atomic mass is 10.1. The van der Waals surface area contributed by atoms with Gasteiger partial charge < -0.3 is 5.32 Å². The molecule has 0 aliphatic carbocycles. The maximum Gasteiger partial charge on any atom is 0.268 e. The predicted octanol–water partition coefficient (Wildman–Crippen LogP) is 3.01. The number of aryl methyl sites for hydroxylation is 1. The molecule has 1 saturated heterocycles. The monoisotopic (exact) mass is 405 g/mol. The molecular weight excluding hydrogens is 382 g/mol. The molecule has 3 aromatic rings. The third-order valence-electron chi connectivity index (χ3n) is 4.94. The lowest BCUT2D eigenvalue weighted by molar-refractivity contribution is 0.234. The number of hydrogen-bond donors (Lipinski definition) is 1. The lowest BCUT2D eigenvalue weighted by Gasteiger charge is -2.26. The van der Waals surface area contributed by atoms with Crippen molar-refractivity contribution in [1.29, 1.82) is 0 Å². The Bertz CT molecular complexity index is 1020. The van der Waals surface area contributed by atoms with Gasteiger partial charge in [0.2, 0.25) is 0 Å². The van der Waals surface area contributed by atoms with Crippen LogP contribution in [0.1, 0.15) is 11.1 Å². The van der Waals surface area contributed by atoms with Gasteiger partial charge in [0.25, 0.3) is 10.0 Å². The van der Waals surface area contributed by atoms with Gasteiger partial charge in [-0.05, 0) is 30.7 Å². The van der Waals surface area contributed by atoms with Gasteiger partial charge in [-0.2, -0.15) is 0 Å². The molecule has 144 valence electrons. The van der Waals surface area contributed by atoms with Gasteiger partial charge in [0.05, 0.1) is 10.4 Å². The Kier molecular flexibility index (Phi) is 5.91. The number of para-hydroxylation sites is 1. The molecule has 5 nitrogen and oxygen atoms in total. The summed E-state index contributed by atoms with van der Waals surface area (Å²) in [5, 5.41) is 4.35. The second-order valence-electron chi connectivity index (χ2n) is 6.81. The Morgan fingerprint density at radius 2 is 1.67 bits per heavy atom. The number of nitrogens with zero attached hydrogens (tertiary/aromatic N) is 2. The molecule has 7 heteroatoms. The minimum absolute atomic E-state index is 0. The van der Waals surface area contributed by atoms with Crippen molar-refractivity contribution in [3.63, 3.8) is 0 Å². The van der Waals surface area contributed by atoms with Crippen LogP contribution in [0.5, 0.6) is 0 Å². The average Bonchev–Trinajstić information content (AvgIpc) is 3.02. The molecule has 0 atom stereocenters. The van der Waals surface area contributed by atoms with E-state index in [1.165, 1.54) is 3.97 Å². The summed E-state index contributed by atoms with van der Waals surface area (Å²) in [5.41, 5.74) is 2.83. The van der Waals surface area contributed by atoms with Gasteiger partial charge >= 0.3 is 0 Å². The lowest BCUT2D eigenvalue weighted by Crippen LogP contribution is -2.42. The zero-order chi connectivity index (χ0) is 18.1. The van der Waals surface area contributed by atoms with E-state index in [9.17, 15) is 8.42 Å². The molecule has 2 heterocycles. The highest BCUT2D eigenvalue weighted by atomic mass is 35.5. The first-order valence-electron chi connectivity index (χ1n) is 8.90. The van der Waals surface area contributed by atoms with E-state index in [0.29, 0.717) is 4.90 Å². The molecule has 1 N–H and O–H groups in total. The molecule has 2 aromatic carbocycles. The van der Waals surface area contributed by atoms with E-state index in [2.05, 4.69) is 10.2 Å². The third kappa shape index (κ3) is 3.89. The molecule has 1 aliphatic heterocycles. The van der Waals surface area contributed by atoms with Crippen LogP contribution in [0, 0.1) is 6.92 Å². The molecule has 4 rings (SSSR count). The van der Waals surface area contributed by atoms with Crippen LogP contribution in [0.3, 0.4) is 0 Å². The summed E-state index contributed by atoms with van der Waals surface area (Å²) in [6, 6.07) is 14.8. The fourth-order valence-corrected chi connectivity index (χ4v) is 4.87. The van der Waals surface area contributed by atoms with E-state index in [1.807, 2.05) is 43.3 Å². The van der Waals surface area contributed by atoms with Gasteiger partial charge in [0, 0.05) is 44.3 Å². The molecule has 1 aromatic heterocycles. The van der Waals surface area contributed by atoms with Crippen LogP contribution < -0.4 is 5.32 Å². The number of halogens is 1. The number of fused-ring (bicyclic) bond motifs is 1. The van der Waals surface area contributed by atoms with Crippen LogP contribution in [-0.4, -0.2) is 43.5 Å². The zero-order valence-corrected chi connectivity index (χ0v) is 16.9. The molecule has 27 heavy (non-hydrogen) atoms. The molecule has 0 amide bonds. The minimum atomic E-state index is -3.62. The van der Waals surface area contributed by atoms with Gasteiger partial charge in [-0.1, -0.05) is 35.9 Å². The van der Waals surface area contributed by atoms with E-state index >= 15 is 0 Å². The maximum atomic E-state index is 13.2. The first-order chi connectivity index (χ1) is 12.6. The van der Waals surface area contributed by atoms with E-state index < -0.39 is 10.0 Å². The number of rotatable bonds is 4. The Hall–Kier alpha value is -1.86. The zero-order valence-electron chi connectivity index (χ0n) is 15.3. The fraction of sp³-hybridized carbons (Fsp3) is 0.300. The van der Waals surface area contributed by atoms with Crippen LogP contribution in [0.25, 0.3) is 10.9 Å². The molecule has 1 fully saturated rings. The Labute approximate surface area is 166 Å². The minimum Gasteiger partial charge on any atom is -0.314 e. The van der Waals surface area contributed by atoms with Gasteiger partial charge in [-0.25, -0.2) is 12.4 Å². The number of aromatic nitrogens is 1. The summed E-state index contributed by atoms with van der Waals surface area (Å²) >= 11 is 0. The van der Waals surface area contributed by atoms with E-state index in [4.69, 9.17) is 0 Å². The van der Waals surface area contributed by atoms with Crippen molar-refractivity contribution in [3.05, 3.63) is 65.9 Å². The van der Waals surface area contributed by atoms with E-state index in [0.717, 1.165) is 54.8 Å². The summed E-state index contributed by atoms with van der Waals surface area (Å²) in [7, 11) is -3.62. The quantitative estimate of drug-likeness (QED) is 0.725. The number of benzene rings is 2. The molecule has 0 bridgehead atoms. The SMILES string of the molecule is Cc1ccc(S(=O)(=O)n2cc(CN3CCNCC3)c3ccccc32)cc1.Cl. The van der Waals surface area contributed by atoms with Crippen LogP contribution in [0.4, 0.5) is 0 Å². The van der Waals surface area contributed by atoms with Crippen LogP contribution in [0.15, 0.2) is 59.6 Å². The van der Waals surface area contributed by atoms with Gasteiger partial charge in [-0.3, -0.25) is 4.90 Å². The second-order valence-corrected chi connectivity index (χ2v) is 8.63. The fourth-order valence-electron chi connectivity index (χ4n) is 3.48. The second kappa shape index (κ2) is 8.02. The first kappa shape index (κ1) is 19.9. The van der Waals surface area contributed by atoms with Gasteiger partial charge in [-0.15, -0.1) is 12.4 Å². The summed E-state index contributed by atoms with van der Waals surface area (Å²) in [6.07, 6.45) is 1.79. The smallest absolute Gasteiger partial charge is 0.268 e. The van der Waals surface area contributed by atoms with Crippen molar-refractivity contribution in [1.82, 2.24) is 14.2 Å². The number of piperazine rings is 1. The average molecular weight is 406 g/mol. The molecule has 0 saturated carbocycles. The highest BCUT2D eigenvalue weighted by Gasteiger charge is 2.22. The standard InChI is InChI=1S/C20H23N3O2S.ClH/c1-16-6-8-18(9-7-16)26(24,25)23-15-17(14-22-12-10-21-11-13-22)19-4-2-3-5-20(19)23;/h2-9,15,21H,10-14H2,1H3;1H. The Morgan fingerprint density at radius 1 is 1.00 bits per heavy atom. The van der Waals surface area contributed by atoms with E-state index in [-0.39, 0.29) is 12.4 Å². The Balaban J connectivity index is 0.00000210.